The second kappa shape index (κ2) is 13.1. The molecule has 0 aliphatic carbocycles. The molecule has 3 rings (SSSR count). The summed E-state index contributed by atoms with van der Waals surface area (Å²) < 4.78 is 5.62. The first-order chi connectivity index (χ1) is 16.1. The van der Waals surface area contributed by atoms with Gasteiger partial charge in [0.15, 0.2) is 0 Å². The highest BCUT2D eigenvalue weighted by Gasteiger charge is 2.12. The van der Waals surface area contributed by atoms with E-state index in [0.29, 0.717) is 11.5 Å². The van der Waals surface area contributed by atoms with Gasteiger partial charge < -0.3 is 10.1 Å². The molecule has 0 bridgehead atoms. The first kappa shape index (κ1) is 24.9. The monoisotopic (exact) mass is 443 g/mol. The predicted octanol–water partition coefficient (Wildman–Crippen LogP) is 6.31. The van der Waals surface area contributed by atoms with E-state index in [1.165, 1.54) is 24.0 Å². The molecule has 3 aromatic rings. The average Bonchev–Trinajstić information content (AvgIpc) is 2.84. The van der Waals surface area contributed by atoms with Crippen LogP contribution in [0.3, 0.4) is 0 Å². The molecule has 174 valence electrons. The summed E-state index contributed by atoms with van der Waals surface area (Å²) in [6.07, 6.45) is 6.60. The van der Waals surface area contributed by atoms with E-state index in [4.69, 9.17) is 9.72 Å². The summed E-state index contributed by atoms with van der Waals surface area (Å²) in [6.45, 7) is 7.18. The van der Waals surface area contributed by atoms with Crippen molar-refractivity contribution >= 4 is 10.9 Å². The summed E-state index contributed by atoms with van der Waals surface area (Å²) in [5.74, 6) is 0.578. The van der Waals surface area contributed by atoms with E-state index in [9.17, 15) is 5.26 Å². The van der Waals surface area contributed by atoms with Gasteiger partial charge in [-0.2, -0.15) is 5.26 Å². The lowest BCUT2D eigenvalue weighted by molar-refractivity contribution is 0.129. The fourth-order valence-electron chi connectivity index (χ4n) is 4.22. The molecule has 0 aliphatic rings. The second-order valence-corrected chi connectivity index (χ2v) is 8.98. The van der Waals surface area contributed by atoms with Crippen LogP contribution in [0, 0.1) is 17.2 Å². The Morgan fingerprint density at radius 3 is 2.61 bits per heavy atom. The van der Waals surface area contributed by atoms with Crippen molar-refractivity contribution in [2.24, 2.45) is 5.92 Å². The van der Waals surface area contributed by atoms with Crippen LogP contribution < -0.4 is 5.32 Å². The van der Waals surface area contributed by atoms with Crippen molar-refractivity contribution in [2.45, 2.75) is 52.4 Å². The Hall–Kier alpha value is -2.74. The lowest BCUT2D eigenvalue weighted by Crippen LogP contribution is -2.10. The number of pyridine rings is 1. The number of ether oxygens (including phenoxy) is 1. The third kappa shape index (κ3) is 7.39. The van der Waals surface area contributed by atoms with Gasteiger partial charge in [-0.25, -0.2) is 4.98 Å². The number of nitrogens with one attached hydrogen (secondary N) is 1. The molecule has 1 heterocycles. The summed E-state index contributed by atoms with van der Waals surface area (Å²) in [5, 5.41) is 13.7. The zero-order valence-corrected chi connectivity index (χ0v) is 20.4. The van der Waals surface area contributed by atoms with Gasteiger partial charge in [0.2, 0.25) is 0 Å². The van der Waals surface area contributed by atoms with Crippen LogP contribution >= 0.6 is 0 Å². The zero-order chi connectivity index (χ0) is 23.5. The molecule has 1 aromatic heterocycles. The molecule has 0 radical (unpaired) electrons. The highest BCUT2D eigenvalue weighted by atomic mass is 16.5. The molecule has 33 heavy (non-hydrogen) atoms. The van der Waals surface area contributed by atoms with Crippen LogP contribution in [-0.2, 0) is 17.6 Å². The van der Waals surface area contributed by atoms with E-state index in [0.717, 1.165) is 67.6 Å². The molecule has 1 atom stereocenters. The maximum absolute atomic E-state index is 9.38. The summed E-state index contributed by atoms with van der Waals surface area (Å²) >= 11 is 0. The number of unbranched alkanes of at least 4 members (excludes halogenated alkanes) is 1. The van der Waals surface area contributed by atoms with Gasteiger partial charge in [-0.05, 0) is 74.5 Å². The third-order valence-corrected chi connectivity index (χ3v) is 6.09. The summed E-state index contributed by atoms with van der Waals surface area (Å²) in [4.78, 5) is 4.94. The molecular formula is C29H37N3O. The predicted molar refractivity (Wildman–Crippen MR) is 137 cm³/mol. The lowest BCUT2D eigenvalue weighted by Gasteiger charge is -2.15. The van der Waals surface area contributed by atoms with Gasteiger partial charge in [-0.1, -0.05) is 57.0 Å². The fourth-order valence-corrected chi connectivity index (χ4v) is 4.22. The molecule has 0 saturated carbocycles. The number of likely N-dealkylation sites (N-methyl/N-ethyl adjacent to an activating group) is 1. The van der Waals surface area contributed by atoms with Crippen molar-refractivity contribution in [3.63, 3.8) is 0 Å². The van der Waals surface area contributed by atoms with Crippen molar-refractivity contribution in [1.29, 1.82) is 5.26 Å². The molecule has 1 N–H and O–H groups in total. The smallest absolute Gasteiger partial charge is 0.0992 e. The van der Waals surface area contributed by atoms with Gasteiger partial charge >= 0.3 is 0 Å². The number of aromatic nitrogens is 1. The maximum atomic E-state index is 9.38. The molecule has 0 spiro atoms. The third-order valence-electron chi connectivity index (χ3n) is 6.09. The van der Waals surface area contributed by atoms with Gasteiger partial charge in [-0.15, -0.1) is 0 Å². The lowest BCUT2D eigenvalue weighted by atomic mass is 9.92. The Morgan fingerprint density at radius 2 is 1.88 bits per heavy atom. The fraction of sp³-hybridized carbons (Fsp3) is 0.448. The van der Waals surface area contributed by atoms with E-state index in [1.54, 1.807) is 0 Å². The summed E-state index contributed by atoms with van der Waals surface area (Å²) in [5.41, 5.74) is 6.29. The molecule has 0 fully saturated rings. The van der Waals surface area contributed by atoms with Gasteiger partial charge in [0.05, 0.1) is 22.8 Å². The Morgan fingerprint density at radius 1 is 1.06 bits per heavy atom. The van der Waals surface area contributed by atoms with E-state index in [2.05, 4.69) is 61.6 Å². The maximum Gasteiger partial charge on any atom is 0.0992 e. The van der Waals surface area contributed by atoms with E-state index < -0.39 is 0 Å². The molecule has 0 aliphatic heterocycles. The van der Waals surface area contributed by atoms with Crippen molar-refractivity contribution < 1.29 is 4.74 Å². The molecule has 1 unspecified atom stereocenters. The topological polar surface area (TPSA) is 57.9 Å². The highest BCUT2D eigenvalue weighted by Crippen LogP contribution is 2.28. The van der Waals surface area contributed by atoms with Crippen LogP contribution in [-0.4, -0.2) is 31.8 Å². The summed E-state index contributed by atoms with van der Waals surface area (Å²) in [6, 6.07) is 19.1. The van der Waals surface area contributed by atoms with Gasteiger partial charge in [0, 0.05) is 24.2 Å². The van der Waals surface area contributed by atoms with Crippen LogP contribution in [0.15, 0.2) is 48.5 Å². The van der Waals surface area contributed by atoms with Gasteiger partial charge in [0.25, 0.3) is 0 Å². The molecule has 0 amide bonds. The van der Waals surface area contributed by atoms with Crippen LogP contribution in [0.5, 0.6) is 0 Å². The van der Waals surface area contributed by atoms with E-state index in [-0.39, 0.29) is 0 Å². The SMILES string of the molecule is CCCOCCCCC(C)Cc1cc(-c2ccc(CCNC)cc2)nc2cc(C#N)ccc12. The average molecular weight is 444 g/mol. The number of nitriles is 1. The quantitative estimate of drug-likeness (QED) is 0.314. The Labute approximate surface area is 199 Å². The number of rotatable bonds is 13. The molecule has 0 saturated heterocycles. The number of hydrogen-bond donors (Lipinski definition) is 1. The number of hydrogen-bond acceptors (Lipinski definition) is 4. The van der Waals surface area contributed by atoms with Crippen molar-refractivity contribution in [2.75, 3.05) is 26.8 Å². The number of benzene rings is 2. The van der Waals surface area contributed by atoms with E-state index >= 15 is 0 Å². The largest absolute Gasteiger partial charge is 0.381 e. The number of nitrogens with zero attached hydrogens (tertiary/aromatic N) is 2. The van der Waals surface area contributed by atoms with Crippen LogP contribution in [0.1, 0.15) is 56.2 Å². The van der Waals surface area contributed by atoms with Crippen LogP contribution in [0.4, 0.5) is 0 Å². The van der Waals surface area contributed by atoms with Gasteiger partial charge in [0.1, 0.15) is 0 Å². The Bertz CT molecular complexity index is 1050. The Kier molecular flexibility index (Phi) is 9.87. The Balaban J connectivity index is 1.80. The minimum absolute atomic E-state index is 0.578. The van der Waals surface area contributed by atoms with Crippen LogP contribution in [0.25, 0.3) is 22.2 Å². The first-order valence-corrected chi connectivity index (χ1v) is 12.3. The molecule has 4 heteroatoms. The van der Waals surface area contributed by atoms with Crippen molar-refractivity contribution in [3.05, 3.63) is 65.2 Å². The number of fused-ring (bicyclic) bond motifs is 1. The zero-order valence-electron chi connectivity index (χ0n) is 20.4. The minimum atomic E-state index is 0.578. The normalized spacial score (nSPS) is 12.1. The van der Waals surface area contributed by atoms with Crippen molar-refractivity contribution in [1.82, 2.24) is 10.3 Å². The van der Waals surface area contributed by atoms with Crippen LogP contribution in [0.2, 0.25) is 0 Å². The van der Waals surface area contributed by atoms with Gasteiger partial charge in [-0.3, -0.25) is 0 Å². The molecule has 4 nitrogen and oxygen atoms in total. The standard InChI is InChI=1S/C29H37N3O/c1-4-16-33-17-6-5-7-22(2)18-26-20-28(25-11-8-23(9-12-25)14-15-31-3)32-29-19-24(21-30)10-13-27(26)29/h8-13,19-20,22,31H,4-7,14-18H2,1-3H3. The first-order valence-electron chi connectivity index (χ1n) is 12.3. The van der Waals surface area contributed by atoms with Crippen molar-refractivity contribution in [3.8, 4) is 17.3 Å². The van der Waals surface area contributed by atoms with E-state index in [1.807, 2.05) is 19.2 Å². The highest BCUT2D eigenvalue weighted by molar-refractivity contribution is 5.86. The molecular weight excluding hydrogens is 406 g/mol. The summed E-state index contributed by atoms with van der Waals surface area (Å²) in [7, 11) is 1.98. The molecule has 2 aromatic carbocycles. The minimum Gasteiger partial charge on any atom is -0.381 e. The second-order valence-electron chi connectivity index (χ2n) is 8.98.